The highest BCUT2D eigenvalue weighted by Gasteiger charge is 2.24. The van der Waals surface area contributed by atoms with Crippen LogP contribution in [-0.4, -0.2) is 50.2 Å². The van der Waals surface area contributed by atoms with Crippen molar-refractivity contribution < 1.29 is 9.59 Å². The molecule has 1 saturated heterocycles. The third kappa shape index (κ3) is 3.80. The summed E-state index contributed by atoms with van der Waals surface area (Å²) >= 11 is 0. The summed E-state index contributed by atoms with van der Waals surface area (Å²) in [4.78, 5) is 25.4. The van der Waals surface area contributed by atoms with Gasteiger partial charge in [0.05, 0.1) is 11.9 Å². The van der Waals surface area contributed by atoms with Crippen LogP contribution in [0.2, 0.25) is 0 Å². The van der Waals surface area contributed by atoms with Crippen molar-refractivity contribution >= 4 is 11.8 Å². The first-order valence-electron chi connectivity index (χ1n) is 7.82. The lowest BCUT2D eigenvalue weighted by molar-refractivity contribution is -0.134. The predicted octanol–water partition coefficient (Wildman–Crippen LogP) is 0.801. The lowest BCUT2D eigenvalue weighted by Crippen LogP contribution is -2.49. The molecule has 2 aromatic heterocycles. The average Bonchev–Trinajstić information content (AvgIpc) is 3.17. The van der Waals surface area contributed by atoms with Crippen molar-refractivity contribution in [3.05, 3.63) is 36.9 Å². The molecular formula is C16H21N5O2. The van der Waals surface area contributed by atoms with E-state index < -0.39 is 0 Å². The SMILES string of the molecule is CC(=O)N[C@H]1CCCN(C(=O)Cn2cc(-n3cccc3)cn2)C1. The number of likely N-dealkylation sites (tertiary alicyclic amines) is 1. The van der Waals surface area contributed by atoms with Crippen molar-refractivity contribution in [2.75, 3.05) is 13.1 Å². The van der Waals surface area contributed by atoms with E-state index in [9.17, 15) is 9.59 Å². The first kappa shape index (κ1) is 15.3. The number of nitrogens with zero attached hydrogens (tertiary/aromatic N) is 4. The Morgan fingerprint density at radius 3 is 2.87 bits per heavy atom. The molecule has 0 bridgehead atoms. The molecular weight excluding hydrogens is 294 g/mol. The van der Waals surface area contributed by atoms with E-state index in [0.717, 1.165) is 25.1 Å². The summed E-state index contributed by atoms with van der Waals surface area (Å²) in [6.45, 7) is 3.03. The van der Waals surface area contributed by atoms with Gasteiger partial charge in [0, 0.05) is 44.6 Å². The van der Waals surface area contributed by atoms with Gasteiger partial charge in [-0.05, 0) is 25.0 Å². The maximum absolute atomic E-state index is 12.4. The minimum absolute atomic E-state index is 0.0298. The largest absolute Gasteiger partial charge is 0.352 e. The van der Waals surface area contributed by atoms with Crippen LogP contribution in [0.5, 0.6) is 0 Å². The maximum Gasteiger partial charge on any atom is 0.244 e. The Morgan fingerprint density at radius 2 is 2.13 bits per heavy atom. The molecule has 23 heavy (non-hydrogen) atoms. The fraction of sp³-hybridized carbons (Fsp3) is 0.438. The summed E-state index contributed by atoms with van der Waals surface area (Å²) in [5.41, 5.74) is 0.928. The second-order valence-electron chi connectivity index (χ2n) is 5.87. The molecule has 0 spiro atoms. The number of carbonyl (C=O) groups excluding carboxylic acids is 2. The van der Waals surface area contributed by atoms with E-state index in [2.05, 4.69) is 10.4 Å². The van der Waals surface area contributed by atoms with Crippen LogP contribution in [0.15, 0.2) is 36.9 Å². The third-order valence-electron chi connectivity index (χ3n) is 4.00. The van der Waals surface area contributed by atoms with Gasteiger partial charge in [-0.3, -0.25) is 14.3 Å². The van der Waals surface area contributed by atoms with Crippen LogP contribution >= 0.6 is 0 Å². The quantitative estimate of drug-likeness (QED) is 0.907. The molecule has 2 aromatic rings. The molecule has 0 saturated carbocycles. The number of amides is 2. The third-order valence-corrected chi connectivity index (χ3v) is 4.00. The van der Waals surface area contributed by atoms with Gasteiger partial charge in [-0.15, -0.1) is 0 Å². The highest BCUT2D eigenvalue weighted by molar-refractivity contribution is 5.76. The number of hydrogen-bond acceptors (Lipinski definition) is 3. The van der Waals surface area contributed by atoms with Gasteiger partial charge in [-0.2, -0.15) is 5.10 Å². The molecule has 7 nitrogen and oxygen atoms in total. The van der Waals surface area contributed by atoms with E-state index in [1.165, 1.54) is 6.92 Å². The van der Waals surface area contributed by atoms with Crippen LogP contribution in [0.4, 0.5) is 0 Å². The average molecular weight is 315 g/mol. The molecule has 1 atom stereocenters. The highest BCUT2D eigenvalue weighted by atomic mass is 16.2. The Kier molecular flexibility index (Phi) is 4.45. The predicted molar refractivity (Wildman–Crippen MR) is 85.0 cm³/mol. The minimum Gasteiger partial charge on any atom is -0.352 e. The van der Waals surface area contributed by atoms with E-state index >= 15 is 0 Å². The van der Waals surface area contributed by atoms with Crippen LogP contribution in [0.25, 0.3) is 5.69 Å². The zero-order valence-electron chi connectivity index (χ0n) is 13.2. The number of piperidine rings is 1. The van der Waals surface area contributed by atoms with Gasteiger partial charge in [-0.25, -0.2) is 0 Å². The summed E-state index contributed by atoms with van der Waals surface area (Å²) < 4.78 is 3.60. The second kappa shape index (κ2) is 6.68. The van der Waals surface area contributed by atoms with Gasteiger partial charge in [0.15, 0.2) is 0 Å². The van der Waals surface area contributed by atoms with E-state index in [4.69, 9.17) is 0 Å². The normalized spacial score (nSPS) is 18.0. The lowest BCUT2D eigenvalue weighted by atomic mass is 10.1. The molecule has 122 valence electrons. The molecule has 1 fully saturated rings. The van der Waals surface area contributed by atoms with Crippen LogP contribution in [-0.2, 0) is 16.1 Å². The summed E-state index contributed by atoms with van der Waals surface area (Å²) in [6.07, 6.45) is 9.29. The first-order valence-corrected chi connectivity index (χ1v) is 7.82. The first-order chi connectivity index (χ1) is 11.1. The molecule has 0 radical (unpaired) electrons. The lowest BCUT2D eigenvalue weighted by Gasteiger charge is -2.33. The van der Waals surface area contributed by atoms with Gasteiger partial charge in [0.25, 0.3) is 0 Å². The minimum atomic E-state index is -0.0484. The Hall–Kier alpha value is -2.57. The van der Waals surface area contributed by atoms with Gasteiger partial charge in [-0.1, -0.05) is 0 Å². The number of hydrogen-bond donors (Lipinski definition) is 1. The van der Waals surface area contributed by atoms with Crippen LogP contribution in [0, 0.1) is 0 Å². The van der Waals surface area contributed by atoms with Crippen LogP contribution in [0.1, 0.15) is 19.8 Å². The van der Waals surface area contributed by atoms with Crippen molar-refractivity contribution in [2.45, 2.75) is 32.4 Å². The Morgan fingerprint density at radius 1 is 1.35 bits per heavy atom. The monoisotopic (exact) mass is 315 g/mol. The van der Waals surface area contributed by atoms with Crippen LogP contribution in [0.3, 0.4) is 0 Å². The number of rotatable bonds is 4. The van der Waals surface area contributed by atoms with Gasteiger partial charge >= 0.3 is 0 Å². The van der Waals surface area contributed by atoms with E-state index in [1.54, 1.807) is 15.8 Å². The maximum atomic E-state index is 12.4. The number of nitrogens with one attached hydrogen (secondary N) is 1. The zero-order valence-corrected chi connectivity index (χ0v) is 13.2. The molecule has 3 rings (SSSR count). The van der Waals surface area contributed by atoms with E-state index in [1.807, 2.05) is 35.3 Å². The van der Waals surface area contributed by atoms with Crippen molar-refractivity contribution in [3.63, 3.8) is 0 Å². The molecule has 1 N–H and O–H groups in total. The molecule has 0 unspecified atom stereocenters. The van der Waals surface area contributed by atoms with Gasteiger partial charge in [0.2, 0.25) is 11.8 Å². The zero-order chi connectivity index (χ0) is 16.2. The van der Waals surface area contributed by atoms with Crippen molar-refractivity contribution in [2.24, 2.45) is 0 Å². The fourth-order valence-corrected chi connectivity index (χ4v) is 2.93. The van der Waals surface area contributed by atoms with Crippen molar-refractivity contribution in [1.82, 2.24) is 24.6 Å². The Labute approximate surface area is 134 Å². The summed E-state index contributed by atoms with van der Waals surface area (Å²) in [5, 5.41) is 7.15. The summed E-state index contributed by atoms with van der Waals surface area (Å²) in [5.74, 6) is -0.0186. The molecule has 3 heterocycles. The van der Waals surface area contributed by atoms with E-state index in [0.29, 0.717) is 6.54 Å². The van der Waals surface area contributed by atoms with Gasteiger partial charge < -0.3 is 14.8 Å². The summed E-state index contributed by atoms with van der Waals surface area (Å²) in [6, 6.07) is 3.94. The van der Waals surface area contributed by atoms with Crippen LogP contribution < -0.4 is 5.32 Å². The smallest absolute Gasteiger partial charge is 0.244 e. The highest BCUT2D eigenvalue weighted by Crippen LogP contribution is 2.12. The van der Waals surface area contributed by atoms with Gasteiger partial charge in [0.1, 0.15) is 6.54 Å². The molecule has 2 amide bonds. The topological polar surface area (TPSA) is 72.2 Å². The Balaban J connectivity index is 1.59. The number of carbonyl (C=O) groups is 2. The standard InChI is InChI=1S/C16H21N5O2/c1-13(22)18-14-5-4-8-20(10-14)16(23)12-21-11-15(9-17-21)19-6-2-3-7-19/h2-3,6-7,9,11,14H,4-5,8,10,12H2,1H3,(H,18,22)/t14-/m0/s1. The number of aromatic nitrogens is 3. The Bertz CT molecular complexity index is 676. The molecule has 0 aromatic carbocycles. The molecule has 7 heteroatoms. The molecule has 1 aliphatic rings. The van der Waals surface area contributed by atoms with Crippen molar-refractivity contribution in [3.8, 4) is 5.69 Å². The second-order valence-corrected chi connectivity index (χ2v) is 5.87. The molecule has 1 aliphatic heterocycles. The van der Waals surface area contributed by atoms with Crippen molar-refractivity contribution in [1.29, 1.82) is 0 Å². The van der Waals surface area contributed by atoms with E-state index in [-0.39, 0.29) is 24.4 Å². The summed E-state index contributed by atoms with van der Waals surface area (Å²) in [7, 11) is 0. The fourth-order valence-electron chi connectivity index (χ4n) is 2.93. The molecule has 0 aliphatic carbocycles.